The van der Waals surface area contributed by atoms with E-state index in [9.17, 15) is 9.18 Å². The Balaban J connectivity index is 0.00000176. The summed E-state index contributed by atoms with van der Waals surface area (Å²) < 4.78 is 19.0. The summed E-state index contributed by atoms with van der Waals surface area (Å²) in [6, 6.07) is 6.64. The third-order valence-corrected chi connectivity index (χ3v) is 4.95. The molecule has 1 N–H and O–H groups in total. The van der Waals surface area contributed by atoms with E-state index in [1.807, 2.05) is 0 Å². The van der Waals surface area contributed by atoms with E-state index in [4.69, 9.17) is 4.74 Å². The monoisotopic (exact) mass is 327 g/mol. The number of fused-ring (bicyclic) bond motifs is 1. The number of carbonyl (C=O) groups excluding carboxylic acids is 1. The molecule has 2 saturated heterocycles. The Morgan fingerprint density at radius 1 is 1.18 bits per heavy atom. The maximum atomic E-state index is 13.6. The molecule has 122 valence electrons. The molecule has 0 radical (unpaired) electrons. The second kappa shape index (κ2) is 7.93. The molecule has 3 nitrogen and oxygen atoms in total. The highest BCUT2D eigenvalue weighted by Gasteiger charge is 2.37. The summed E-state index contributed by atoms with van der Waals surface area (Å²) in [6.45, 7) is 2.94. The molecule has 0 bridgehead atoms. The molecule has 1 aromatic rings. The minimum absolute atomic E-state index is 0. The molecule has 1 unspecified atom stereocenters. The molecule has 3 rings (SSSR count). The smallest absolute Gasteiger partial charge is 0.341 e. The summed E-state index contributed by atoms with van der Waals surface area (Å²) >= 11 is 0. The fourth-order valence-corrected chi connectivity index (χ4v) is 3.86. The molecule has 22 heavy (non-hydrogen) atoms. The molecular formula is C17H23ClFNO2. The van der Waals surface area contributed by atoms with Crippen molar-refractivity contribution < 1.29 is 31.2 Å². The van der Waals surface area contributed by atoms with Crippen molar-refractivity contribution in [2.75, 3.05) is 19.7 Å². The van der Waals surface area contributed by atoms with Crippen LogP contribution in [0.5, 0.6) is 0 Å². The Hall–Kier alpha value is -1.13. The summed E-state index contributed by atoms with van der Waals surface area (Å²) in [5.74, 6) is -0.600. The number of piperidine rings is 2. The van der Waals surface area contributed by atoms with E-state index >= 15 is 0 Å². The van der Waals surface area contributed by atoms with Crippen LogP contribution in [-0.2, 0) is 4.74 Å². The van der Waals surface area contributed by atoms with Gasteiger partial charge in [-0.15, -0.1) is 0 Å². The van der Waals surface area contributed by atoms with Crippen LogP contribution in [0.3, 0.4) is 0 Å². The van der Waals surface area contributed by atoms with Crippen molar-refractivity contribution in [3.05, 3.63) is 35.6 Å². The van der Waals surface area contributed by atoms with Gasteiger partial charge in [-0.1, -0.05) is 12.1 Å². The Bertz CT molecular complexity index is 509. The number of halogens is 2. The molecule has 0 saturated carbocycles. The van der Waals surface area contributed by atoms with Crippen LogP contribution >= 0.6 is 0 Å². The van der Waals surface area contributed by atoms with Gasteiger partial charge in [0.25, 0.3) is 0 Å². The molecule has 2 heterocycles. The van der Waals surface area contributed by atoms with Crippen LogP contribution in [0.1, 0.15) is 42.5 Å². The normalized spacial score (nSPS) is 27.4. The molecule has 3 atom stereocenters. The van der Waals surface area contributed by atoms with Gasteiger partial charge in [0.15, 0.2) is 0 Å². The van der Waals surface area contributed by atoms with Crippen LogP contribution < -0.4 is 17.3 Å². The summed E-state index contributed by atoms with van der Waals surface area (Å²) in [5, 5.41) is 0. The summed E-state index contributed by atoms with van der Waals surface area (Å²) in [4.78, 5) is 13.7. The summed E-state index contributed by atoms with van der Waals surface area (Å²) in [5.41, 5.74) is 0.0427. The van der Waals surface area contributed by atoms with Crippen LogP contribution in [0, 0.1) is 11.7 Å². The van der Waals surface area contributed by atoms with E-state index in [2.05, 4.69) is 0 Å². The first-order valence-corrected chi connectivity index (χ1v) is 8.02. The van der Waals surface area contributed by atoms with Gasteiger partial charge in [-0.25, -0.2) is 9.18 Å². The standard InChI is InChI=1S/C17H22FNO2.ClH/c18-15-8-2-1-7-14(15)17(20)21-12-13-6-5-11-19-10-4-3-9-16(13)19;/h1-2,7-8,13,16H,3-6,9-12H2;1H/t13-,16+;/m0./s1. The van der Waals surface area contributed by atoms with Crippen molar-refractivity contribution in [1.82, 2.24) is 0 Å². The van der Waals surface area contributed by atoms with Crippen molar-refractivity contribution in [2.45, 2.75) is 38.1 Å². The van der Waals surface area contributed by atoms with E-state index in [0.29, 0.717) is 18.6 Å². The second-order valence-corrected chi connectivity index (χ2v) is 6.24. The van der Waals surface area contributed by atoms with Gasteiger partial charge in [0.05, 0.1) is 24.7 Å². The van der Waals surface area contributed by atoms with Gasteiger partial charge >= 0.3 is 5.97 Å². The first-order valence-electron chi connectivity index (χ1n) is 8.02. The molecule has 2 fully saturated rings. The lowest BCUT2D eigenvalue weighted by Gasteiger charge is -2.40. The maximum absolute atomic E-state index is 13.6. The molecule has 0 amide bonds. The molecule has 2 aliphatic rings. The van der Waals surface area contributed by atoms with Gasteiger partial charge in [0.1, 0.15) is 12.4 Å². The highest BCUT2D eigenvalue weighted by Crippen LogP contribution is 2.21. The average molecular weight is 328 g/mol. The lowest BCUT2D eigenvalue weighted by atomic mass is 9.84. The largest absolute Gasteiger partial charge is 1.00 e. The van der Waals surface area contributed by atoms with Crippen molar-refractivity contribution >= 4 is 5.97 Å². The lowest BCUT2D eigenvalue weighted by molar-refractivity contribution is -0.940. The van der Waals surface area contributed by atoms with E-state index in [1.165, 1.54) is 50.9 Å². The molecular weight excluding hydrogens is 305 g/mol. The summed E-state index contributed by atoms with van der Waals surface area (Å²) in [7, 11) is 0. The van der Waals surface area contributed by atoms with E-state index < -0.39 is 11.8 Å². The van der Waals surface area contributed by atoms with Gasteiger partial charge in [0.2, 0.25) is 0 Å². The number of quaternary nitrogens is 1. The number of hydrogen-bond donors (Lipinski definition) is 1. The van der Waals surface area contributed by atoms with E-state index in [-0.39, 0.29) is 18.0 Å². The van der Waals surface area contributed by atoms with Crippen molar-refractivity contribution in [3.63, 3.8) is 0 Å². The molecule has 5 heteroatoms. The Morgan fingerprint density at radius 2 is 1.95 bits per heavy atom. The van der Waals surface area contributed by atoms with Crippen molar-refractivity contribution in [2.24, 2.45) is 5.92 Å². The van der Waals surface area contributed by atoms with Gasteiger partial charge in [-0.3, -0.25) is 0 Å². The third-order valence-electron chi connectivity index (χ3n) is 4.95. The minimum atomic E-state index is -0.531. The van der Waals surface area contributed by atoms with Crippen molar-refractivity contribution in [1.29, 1.82) is 0 Å². The van der Waals surface area contributed by atoms with Gasteiger partial charge in [-0.05, 0) is 44.2 Å². The Labute approximate surface area is 137 Å². The van der Waals surface area contributed by atoms with Crippen LogP contribution in [0.4, 0.5) is 4.39 Å². The number of nitrogens with one attached hydrogen (secondary N) is 1. The van der Waals surface area contributed by atoms with Gasteiger partial charge in [-0.2, -0.15) is 0 Å². The van der Waals surface area contributed by atoms with Crippen LogP contribution in [0.25, 0.3) is 0 Å². The number of benzene rings is 1. The van der Waals surface area contributed by atoms with Gasteiger partial charge < -0.3 is 22.0 Å². The fourth-order valence-electron chi connectivity index (χ4n) is 3.86. The van der Waals surface area contributed by atoms with E-state index in [0.717, 1.165) is 6.42 Å². The van der Waals surface area contributed by atoms with Crippen LogP contribution in [0.15, 0.2) is 24.3 Å². The fraction of sp³-hybridized carbons (Fsp3) is 0.588. The SMILES string of the molecule is O=C(OC[C@@H]1CCC[NH+]2CCCC[C@H]12)c1ccccc1F.[Cl-]. The zero-order valence-corrected chi connectivity index (χ0v) is 13.4. The highest BCUT2D eigenvalue weighted by molar-refractivity contribution is 5.89. The third kappa shape index (κ3) is 3.79. The summed E-state index contributed by atoms with van der Waals surface area (Å²) in [6.07, 6.45) is 6.16. The number of hydrogen-bond acceptors (Lipinski definition) is 2. The highest BCUT2D eigenvalue weighted by atomic mass is 35.5. The molecule has 0 spiro atoms. The van der Waals surface area contributed by atoms with Crippen LogP contribution in [-0.4, -0.2) is 31.7 Å². The Morgan fingerprint density at radius 3 is 2.77 bits per heavy atom. The first-order chi connectivity index (χ1) is 10.3. The average Bonchev–Trinajstić information content (AvgIpc) is 2.53. The second-order valence-electron chi connectivity index (χ2n) is 6.24. The quantitative estimate of drug-likeness (QED) is 0.710. The Kier molecular flexibility index (Phi) is 6.21. The number of ether oxygens (including phenoxy) is 1. The number of carbonyl (C=O) groups is 1. The minimum Gasteiger partial charge on any atom is -1.00 e. The van der Waals surface area contributed by atoms with E-state index in [1.54, 1.807) is 17.0 Å². The lowest BCUT2D eigenvalue weighted by Crippen LogP contribution is -3.18. The zero-order chi connectivity index (χ0) is 14.7. The number of rotatable bonds is 3. The number of esters is 1. The van der Waals surface area contributed by atoms with Gasteiger partial charge in [0, 0.05) is 5.92 Å². The predicted molar refractivity (Wildman–Crippen MR) is 77.7 cm³/mol. The topological polar surface area (TPSA) is 30.7 Å². The molecule has 2 aliphatic heterocycles. The van der Waals surface area contributed by atoms with Crippen molar-refractivity contribution in [3.8, 4) is 0 Å². The van der Waals surface area contributed by atoms with Crippen LogP contribution in [0.2, 0.25) is 0 Å². The molecule has 1 aromatic carbocycles. The predicted octanol–water partition coefficient (Wildman–Crippen LogP) is -1.17. The molecule has 0 aromatic heterocycles. The zero-order valence-electron chi connectivity index (χ0n) is 12.7. The molecule has 0 aliphatic carbocycles. The maximum Gasteiger partial charge on any atom is 0.341 e. The first kappa shape index (κ1) is 17.2.